The Hall–Kier alpha value is -6.09. The van der Waals surface area contributed by atoms with Crippen LogP contribution in [0, 0.1) is 0 Å². The van der Waals surface area contributed by atoms with Gasteiger partial charge in [0.2, 0.25) is 0 Å². The molecule has 0 N–H and O–H groups in total. The Morgan fingerprint density at radius 2 is 0.860 bits per heavy atom. The molecule has 9 aromatic carbocycles. The molecule has 234 valence electrons. The van der Waals surface area contributed by atoms with Gasteiger partial charge in [0.25, 0.3) is 0 Å². The van der Waals surface area contributed by atoms with E-state index in [1.54, 1.807) is 0 Å². The van der Waals surface area contributed by atoms with E-state index in [1.165, 1.54) is 92.6 Å². The highest BCUT2D eigenvalue weighted by Gasteiger charge is 2.25. The van der Waals surface area contributed by atoms with E-state index in [9.17, 15) is 0 Å². The average molecular weight is 654 g/mol. The van der Waals surface area contributed by atoms with Crippen molar-refractivity contribution in [3.63, 3.8) is 0 Å². The molecule has 0 spiro atoms. The normalized spacial score (nSPS) is 12.3. The maximum absolute atomic E-state index is 2.40. The number of rotatable bonds is 4. The van der Waals surface area contributed by atoms with Crippen LogP contribution in [0.1, 0.15) is 0 Å². The van der Waals surface area contributed by atoms with Crippen molar-refractivity contribution in [2.45, 2.75) is 9.79 Å². The first kappa shape index (κ1) is 28.9. The van der Waals surface area contributed by atoms with Gasteiger partial charge in [-0.05, 0) is 126 Å². The van der Waals surface area contributed by atoms with Gasteiger partial charge >= 0.3 is 0 Å². The van der Waals surface area contributed by atoms with Crippen molar-refractivity contribution in [3.05, 3.63) is 188 Å². The zero-order valence-corrected chi connectivity index (χ0v) is 28.1. The molecule has 0 radical (unpaired) electrons. The molecule has 0 amide bonds. The van der Waals surface area contributed by atoms with Crippen LogP contribution in [0.2, 0.25) is 0 Å². The molecule has 0 unspecified atom stereocenters. The van der Waals surface area contributed by atoms with Crippen LogP contribution in [0.3, 0.4) is 0 Å². The van der Waals surface area contributed by atoms with Gasteiger partial charge in [0, 0.05) is 15.5 Å². The second-order valence-corrected chi connectivity index (χ2v) is 14.1. The minimum Gasteiger partial charge on any atom is -0.308 e. The highest BCUT2D eigenvalue weighted by molar-refractivity contribution is 7.99. The van der Waals surface area contributed by atoms with Crippen molar-refractivity contribution in [2.24, 2.45) is 0 Å². The molecule has 0 bridgehead atoms. The van der Waals surface area contributed by atoms with Gasteiger partial charge in [0.05, 0.1) is 11.4 Å². The van der Waals surface area contributed by atoms with E-state index in [-0.39, 0.29) is 0 Å². The smallest absolute Gasteiger partial charge is 0.0607 e. The van der Waals surface area contributed by atoms with Crippen LogP contribution in [-0.2, 0) is 0 Å². The largest absolute Gasteiger partial charge is 0.308 e. The lowest BCUT2D eigenvalue weighted by Gasteiger charge is -2.33. The lowest BCUT2D eigenvalue weighted by Crippen LogP contribution is -2.14. The first-order valence-electron chi connectivity index (χ1n) is 17.1. The highest BCUT2D eigenvalue weighted by atomic mass is 32.2. The molecular formula is C48H31NS. The summed E-state index contributed by atoms with van der Waals surface area (Å²) in [5, 5.41) is 7.55. The van der Waals surface area contributed by atoms with Gasteiger partial charge in [0.15, 0.2) is 0 Å². The van der Waals surface area contributed by atoms with Crippen molar-refractivity contribution in [2.75, 3.05) is 4.90 Å². The summed E-state index contributed by atoms with van der Waals surface area (Å²) in [5.41, 5.74) is 11.0. The standard InChI is InChI=1S/C48H31NS/c1-3-11-32(12-4-1)43-29-33-13-7-8-14-34(33)30-44(43)39-22-25-42-38(28-39)20-19-37-27-35(21-24-41(37)42)36-23-26-48-46(31-36)49(40-15-5-2-6-16-40)45-17-9-10-18-47(45)50-48/h1-31H. The van der Waals surface area contributed by atoms with Crippen LogP contribution in [0.15, 0.2) is 198 Å². The second kappa shape index (κ2) is 11.8. The molecular weight excluding hydrogens is 623 g/mol. The fourth-order valence-electron chi connectivity index (χ4n) is 7.54. The van der Waals surface area contributed by atoms with E-state index >= 15 is 0 Å². The van der Waals surface area contributed by atoms with Crippen molar-refractivity contribution < 1.29 is 0 Å². The first-order chi connectivity index (χ1) is 24.8. The lowest BCUT2D eigenvalue weighted by molar-refractivity contribution is 1.17. The van der Waals surface area contributed by atoms with Crippen LogP contribution in [0.5, 0.6) is 0 Å². The Labute approximate surface area is 296 Å². The molecule has 0 saturated carbocycles. The summed E-state index contributed by atoms with van der Waals surface area (Å²) < 4.78 is 0. The van der Waals surface area contributed by atoms with Gasteiger partial charge in [-0.3, -0.25) is 0 Å². The molecule has 10 rings (SSSR count). The number of hydrogen-bond donors (Lipinski definition) is 0. The minimum absolute atomic E-state index is 1.17. The van der Waals surface area contributed by atoms with E-state index < -0.39 is 0 Å². The van der Waals surface area contributed by atoms with Crippen LogP contribution >= 0.6 is 11.8 Å². The number of fused-ring (bicyclic) bond motifs is 6. The monoisotopic (exact) mass is 653 g/mol. The van der Waals surface area contributed by atoms with E-state index in [0.717, 1.165) is 0 Å². The summed E-state index contributed by atoms with van der Waals surface area (Å²) in [4.78, 5) is 4.94. The minimum atomic E-state index is 1.17. The maximum atomic E-state index is 2.40. The molecule has 0 saturated heterocycles. The molecule has 0 atom stereocenters. The summed E-state index contributed by atoms with van der Waals surface area (Å²) in [6, 6.07) is 68.8. The summed E-state index contributed by atoms with van der Waals surface area (Å²) in [7, 11) is 0. The van der Waals surface area contributed by atoms with E-state index in [0.29, 0.717) is 0 Å². The maximum Gasteiger partial charge on any atom is 0.0607 e. The molecule has 1 aliphatic heterocycles. The Balaban J connectivity index is 1.06. The summed E-state index contributed by atoms with van der Waals surface area (Å²) in [6.45, 7) is 0. The second-order valence-electron chi connectivity index (χ2n) is 13.0. The van der Waals surface area contributed by atoms with Crippen LogP contribution in [-0.4, -0.2) is 0 Å². The van der Waals surface area contributed by atoms with E-state index in [2.05, 4.69) is 193 Å². The zero-order valence-electron chi connectivity index (χ0n) is 27.3. The number of nitrogens with zero attached hydrogens (tertiary/aromatic N) is 1. The predicted molar refractivity (Wildman–Crippen MR) is 214 cm³/mol. The molecule has 1 nitrogen and oxygen atoms in total. The Kier molecular flexibility index (Phi) is 6.82. The Bertz CT molecular complexity index is 2730. The molecule has 2 heteroatoms. The average Bonchev–Trinajstić information content (AvgIpc) is 3.19. The van der Waals surface area contributed by atoms with Crippen LogP contribution < -0.4 is 4.90 Å². The predicted octanol–water partition coefficient (Wildman–Crippen LogP) is 14.1. The van der Waals surface area contributed by atoms with Crippen molar-refractivity contribution >= 4 is 61.1 Å². The molecule has 1 heterocycles. The molecule has 0 aromatic heterocycles. The summed E-state index contributed by atoms with van der Waals surface area (Å²) >= 11 is 1.85. The SMILES string of the molecule is c1ccc(-c2cc3ccccc3cc2-c2ccc3c(ccc4cc(-c5ccc6c(c5)N(c5ccccc5)c5ccccc5S6)ccc43)c2)cc1. The van der Waals surface area contributed by atoms with Crippen molar-refractivity contribution in [1.82, 2.24) is 0 Å². The van der Waals surface area contributed by atoms with E-state index in [1.807, 2.05) is 11.8 Å². The number of para-hydroxylation sites is 2. The van der Waals surface area contributed by atoms with E-state index in [4.69, 9.17) is 0 Å². The first-order valence-corrected chi connectivity index (χ1v) is 17.9. The highest BCUT2D eigenvalue weighted by Crippen LogP contribution is 2.52. The number of anilines is 3. The molecule has 0 fully saturated rings. The molecule has 1 aliphatic rings. The van der Waals surface area contributed by atoms with Gasteiger partial charge in [-0.15, -0.1) is 0 Å². The number of hydrogen-bond acceptors (Lipinski definition) is 2. The van der Waals surface area contributed by atoms with Gasteiger partial charge in [-0.25, -0.2) is 0 Å². The quantitative estimate of drug-likeness (QED) is 0.174. The number of benzene rings is 9. The van der Waals surface area contributed by atoms with Gasteiger partial charge in [-0.1, -0.05) is 139 Å². The van der Waals surface area contributed by atoms with Crippen LogP contribution in [0.4, 0.5) is 17.1 Å². The van der Waals surface area contributed by atoms with Crippen molar-refractivity contribution in [1.29, 1.82) is 0 Å². The van der Waals surface area contributed by atoms with Gasteiger partial charge < -0.3 is 4.90 Å². The fourth-order valence-corrected chi connectivity index (χ4v) is 8.58. The summed E-state index contributed by atoms with van der Waals surface area (Å²) in [6.07, 6.45) is 0. The Morgan fingerprint density at radius 1 is 0.320 bits per heavy atom. The third-order valence-electron chi connectivity index (χ3n) is 9.99. The van der Waals surface area contributed by atoms with Crippen molar-refractivity contribution in [3.8, 4) is 33.4 Å². The van der Waals surface area contributed by atoms with Gasteiger partial charge in [-0.2, -0.15) is 0 Å². The Morgan fingerprint density at radius 3 is 1.60 bits per heavy atom. The molecule has 0 aliphatic carbocycles. The van der Waals surface area contributed by atoms with Gasteiger partial charge in [0.1, 0.15) is 0 Å². The third-order valence-corrected chi connectivity index (χ3v) is 11.1. The lowest BCUT2D eigenvalue weighted by atomic mass is 9.90. The summed E-state index contributed by atoms with van der Waals surface area (Å²) in [5.74, 6) is 0. The van der Waals surface area contributed by atoms with Crippen LogP contribution in [0.25, 0.3) is 65.7 Å². The molecule has 9 aromatic rings. The third kappa shape index (κ3) is 4.88. The fraction of sp³-hybridized carbons (Fsp3) is 0. The zero-order chi connectivity index (χ0) is 33.0. The topological polar surface area (TPSA) is 3.24 Å². The molecule has 50 heavy (non-hydrogen) atoms.